The van der Waals surface area contributed by atoms with Crippen LogP contribution in [-0.2, 0) is 0 Å². The Morgan fingerprint density at radius 1 is 1.35 bits per heavy atom. The molecular weight excluding hydrogens is 332 g/mol. The van der Waals surface area contributed by atoms with Gasteiger partial charge >= 0.3 is 0 Å². The molecule has 0 aromatic carbocycles. The third kappa shape index (κ3) is 3.20. The van der Waals surface area contributed by atoms with E-state index in [4.69, 9.17) is 4.42 Å². The summed E-state index contributed by atoms with van der Waals surface area (Å²) in [4.78, 5) is 31.1. The molecule has 0 saturated carbocycles. The van der Waals surface area contributed by atoms with Crippen LogP contribution in [0.3, 0.4) is 0 Å². The Labute approximate surface area is 150 Å². The second-order valence-corrected chi connectivity index (χ2v) is 6.64. The number of pyridine rings is 1. The minimum absolute atomic E-state index is 0.0956. The molecule has 2 amide bonds. The van der Waals surface area contributed by atoms with Crippen molar-refractivity contribution in [3.05, 3.63) is 59.9 Å². The van der Waals surface area contributed by atoms with E-state index in [2.05, 4.69) is 10.3 Å². The summed E-state index contributed by atoms with van der Waals surface area (Å²) in [6, 6.07) is 7.16. The quantitative estimate of drug-likeness (QED) is 0.784. The summed E-state index contributed by atoms with van der Waals surface area (Å²) in [7, 11) is 0. The summed E-state index contributed by atoms with van der Waals surface area (Å²) < 4.78 is 7.02. The van der Waals surface area contributed by atoms with Crippen LogP contribution in [0, 0.1) is 6.92 Å². The van der Waals surface area contributed by atoms with Gasteiger partial charge in [-0.05, 0) is 49.6 Å². The molecule has 4 rings (SSSR count). The molecule has 0 spiro atoms. The lowest BCUT2D eigenvalue weighted by molar-refractivity contribution is 0.0646. The first-order valence-corrected chi connectivity index (χ1v) is 8.69. The molecule has 1 fully saturated rings. The van der Waals surface area contributed by atoms with E-state index in [1.165, 1.54) is 6.26 Å². The largest absolute Gasteiger partial charge is 0.459 e. The number of carbonyl (C=O) groups excluding carboxylic acids is 2. The molecular formula is C19H20N4O3. The van der Waals surface area contributed by atoms with E-state index >= 15 is 0 Å². The van der Waals surface area contributed by atoms with E-state index in [-0.39, 0.29) is 17.9 Å². The molecule has 1 saturated heterocycles. The van der Waals surface area contributed by atoms with Crippen molar-refractivity contribution in [1.82, 2.24) is 19.6 Å². The number of nitrogens with one attached hydrogen (secondary N) is 1. The van der Waals surface area contributed by atoms with Crippen LogP contribution in [0.2, 0.25) is 0 Å². The van der Waals surface area contributed by atoms with Crippen LogP contribution in [-0.4, -0.2) is 45.2 Å². The van der Waals surface area contributed by atoms with Gasteiger partial charge in [0.05, 0.1) is 6.26 Å². The molecule has 7 nitrogen and oxygen atoms in total. The Morgan fingerprint density at radius 3 is 3.04 bits per heavy atom. The van der Waals surface area contributed by atoms with Gasteiger partial charge in [0.25, 0.3) is 11.8 Å². The second-order valence-electron chi connectivity index (χ2n) is 6.64. The summed E-state index contributed by atoms with van der Waals surface area (Å²) >= 11 is 0. The van der Waals surface area contributed by atoms with Crippen molar-refractivity contribution in [2.75, 3.05) is 13.1 Å². The van der Waals surface area contributed by atoms with Gasteiger partial charge in [-0.2, -0.15) is 0 Å². The van der Waals surface area contributed by atoms with Gasteiger partial charge in [-0.25, -0.2) is 4.98 Å². The standard InChI is InChI=1S/C19H20N4O3/c1-13-6-8-22-12-15(21-17(22)10-13)18(24)20-14-4-2-7-23(11-14)19(25)16-5-3-9-26-16/h3,5-6,8-10,12,14H,2,4,7,11H2,1H3,(H,20,24)/t14-/m0/s1. The number of aromatic nitrogens is 2. The monoisotopic (exact) mass is 352 g/mol. The van der Waals surface area contributed by atoms with Crippen LogP contribution in [0.15, 0.2) is 47.3 Å². The molecule has 1 atom stereocenters. The van der Waals surface area contributed by atoms with E-state index in [9.17, 15) is 9.59 Å². The Hall–Kier alpha value is -3.09. The average Bonchev–Trinajstić information content (AvgIpc) is 3.30. The highest BCUT2D eigenvalue weighted by Gasteiger charge is 2.27. The van der Waals surface area contributed by atoms with E-state index in [1.807, 2.05) is 29.7 Å². The third-order valence-electron chi connectivity index (χ3n) is 4.62. The molecule has 1 aliphatic rings. The summed E-state index contributed by atoms with van der Waals surface area (Å²) in [5.74, 6) is -0.0338. The van der Waals surface area contributed by atoms with Gasteiger partial charge in [0.1, 0.15) is 11.3 Å². The van der Waals surface area contributed by atoms with Crippen LogP contribution in [0.1, 0.15) is 39.4 Å². The summed E-state index contributed by atoms with van der Waals surface area (Å²) in [5.41, 5.74) is 2.22. The predicted octanol–water partition coefficient (Wildman–Crippen LogP) is 2.27. The summed E-state index contributed by atoms with van der Waals surface area (Å²) in [5, 5.41) is 3.00. The minimum atomic E-state index is -0.219. The highest BCUT2D eigenvalue weighted by atomic mass is 16.3. The first-order valence-electron chi connectivity index (χ1n) is 8.69. The number of amides is 2. The van der Waals surface area contributed by atoms with Crippen LogP contribution in [0.25, 0.3) is 5.65 Å². The van der Waals surface area contributed by atoms with Crippen molar-refractivity contribution in [2.24, 2.45) is 0 Å². The second kappa shape index (κ2) is 6.67. The fraction of sp³-hybridized carbons (Fsp3) is 0.316. The smallest absolute Gasteiger partial charge is 0.289 e. The number of furan rings is 1. The van der Waals surface area contributed by atoms with Gasteiger partial charge in [0.15, 0.2) is 5.76 Å². The fourth-order valence-electron chi connectivity index (χ4n) is 3.29. The number of imidazole rings is 1. The van der Waals surface area contributed by atoms with Crippen LogP contribution in [0.5, 0.6) is 0 Å². The Morgan fingerprint density at radius 2 is 2.23 bits per heavy atom. The van der Waals surface area contributed by atoms with Gasteiger partial charge < -0.3 is 19.0 Å². The molecule has 0 radical (unpaired) electrons. The number of fused-ring (bicyclic) bond motifs is 1. The Bertz CT molecular complexity index is 945. The zero-order valence-corrected chi connectivity index (χ0v) is 14.5. The van der Waals surface area contributed by atoms with Gasteiger partial charge in [-0.1, -0.05) is 0 Å². The average molecular weight is 352 g/mol. The maximum Gasteiger partial charge on any atom is 0.289 e. The SMILES string of the molecule is Cc1ccn2cc(C(=O)N[C@H]3CCCN(C(=O)c4ccco4)C3)nc2c1. The summed E-state index contributed by atoms with van der Waals surface area (Å²) in [6.07, 6.45) is 6.76. The number of aryl methyl sites for hydroxylation is 1. The van der Waals surface area contributed by atoms with Gasteiger partial charge in [0.2, 0.25) is 0 Å². The molecule has 0 bridgehead atoms. The van der Waals surface area contributed by atoms with Crippen molar-refractivity contribution >= 4 is 17.5 Å². The van der Waals surface area contributed by atoms with Crippen molar-refractivity contribution in [1.29, 1.82) is 0 Å². The van der Waals surface area contributed by atoms with E-state index in [0.29, 0.717) is 24.5 Å². The first kappa shape index (κ1) is 16.4. The molecule has 26 heavy (non-hydrogen) atoms. The topological polar surface area (TPSA) is 79.9 Å². The molecule has 3 aromatic heterocycles. The fourth-order valence-corrected chi connectivity index (χ4v) is 3.29. The van der Waals surface area contributed by atoms with E-state index < -0.39 is 0 Å². The molecule has 1 aliphatic heterocycles. The van der Waals surface area contributed by atoms with Crippen LogP contribution in [0.4, 0.5) is 0 Å². The number of piperidine rings is 1. The lowest BCUT2D eigenvalue weighted by Gasteiger charge is -2.32. The molecule has 0 aliphatic carbocycles. The van der Waals surface area contributed by atoms with E-state index in [1.54, 1.807) is 23.2 Å². The molecule has 134 valence electrons. The number of hydrogen-bond donors (Lipinski definition) is 1. The van der Waals surface area contributed by atoms with Gasteiger partial charge in [0, 0.05) is 31.5 Å². The first-order chi connectivity index (χ1) is 12.6. The number of rotatable bonds is 3. The Balaban J connectivity index is 1.44. The van der Waals surface area contributed by atoms with Crippen molar-refractivity contribution in [3.8, 4) is 0 Å². The van der Waals surface area contributed by atoms with Crippen LogP contribution < -0.4 is 5.32 Å². The number of carbonyl (C=O) groups is 2. The van der Waals surface area contributed by atoms with Gasteiger partial charge in [-0.15, -0.1) is 0 Å². The zero-order chi connectivity index (χ0) is 18.1. The van der Waals surface area contributed by atoms with Crippen LogP contribution >= 0.6 is 0 Å². The van der Waals surface area contributed by atoms with E-state index in [0.717, 1.165) is 24.1 Å². The number of nitrogens with zero attached hydrogens (tertiary/aromatic N) is 3. The molecule has 1 N–H and O–H groups in total. The molecule has 7 heteroatoms. The highest BCUT2D eigenvalue weighted by Crippen LogP contribution is 2.15. The number of hydrogen-bond acceptors (Lipinski definition) is 4. The highest BCUT2D eigenvalue weighted by molar-refractivity contribution is 5.93. The number of likely N-dealkylation sites (tertiary alicyclic amines) is 1. The summed E-state index contributed by atoms with van der Waals surface area (Å²) in [6.45, 7) is 3.12. The maximum absolute atomic E-state index is 12.6. The van der Waals surface area contributed by atoms with Crippen molar-refractivity contribution in [3.63, 3.8) is 0 Å². The lowest BCUT2D eigenvalue weighted by Crippen LogP contribution is -2.49. The normalized spacial score (nSPS) is 17.4. The van der Waals surface area contributed by atoms with Crippen molar-refractivity contribution in [2.45, 2.75) is 25.8 Å². The molecule has 4 heterocycles. The molecule has 0 unspecified atom stereocenters. The minimum Gasteiger partial charge on any atom is -0.459 e. The zero-order valence-electron chi connectivity index (χ0n) is 14.5. The maximum atomic E-state index is 12.6. The van der Waals surface area contributed by atoms with Gasteiger partial charge in [-0.3, -0.25) is 9.59 Å². The lowest BCUT2D eigenvalue weighted by atomic mass is 10.1. The Kier molecular flexibility index (Phi) is 4.20. The predicted molar refractivity (Wildman–Crippen MR) is 95.0 cm³/mol. The van der Waals surface area contributed by atoms with Crippen molar-refractivity contribution < 1.29 is 14.0 Å². The third-order valence-corrected chi connectivity index (χ3v) is 4.62. The molecule has 3 aromatic rings.